The van der Waals surface area contributed by atoms with Crippen molar-refractivity contribution < 1.29 is 22.9 Å². The fraction of sp³-hybridized carbons (Fsp3) is 0.300. The molecule has 0 aliphatic heterocycles. The SMILES string of the molecule is CC(C)(C)/C=C/c1cc(-c2nn(-c3nc(C(=O)O)cs3)c(CC3CC3)c2Cc2ccc(S(N)=O)c(F)c2)ccc1F. The average molecular weight is 597 g/mol. The first-order valence-corrected chi connectivity index (χ1v) is 15.2. The molecule has 2 aromatic carbocycles. The minimum absolute atomic E-state index is 0.0789. The third-order valence-corrected chi connectivity index (χ3v) is 8.37. The highest BCUT2D eigenvalue weighted by Gasteiger charge is 2.29. The number of allylic oxidation sites excluding steroid dienone is 1. The molecule has 11 heteroatoms. The molecule has 41 heavy (non-hydrogen) atoms. The third-order valence-electron chi connectivity index (χ3n) is 6.79. The zero-order chi connectivity index (χ0) is 29.5. The van der Waals surface area contributed by atoms with E-state index in [9.17, 15) is 22.9 Å². The molecule has 1 unspecified atom stereocenters. The van der Waals surface area contributed by atoms with E-state index in [2.05, 4.69) is 4.98 Å². The summed E-state index contributed by atoms with van der Waals surface area (Å²) in [7, 11) is -1.96. The number of aromatic nitrogens is 3. The van der Waals surface area contributed by atoms with Gasteiger partial charge in [-0.1, -0.05) is 39.0 Å². The quantitative estimate of drug-likeness (QED) is 0.227. The second-order valence-electron chi connectivity index (χ2n) is 11.3. The molecule has 1 atom stereocenters. The first-order chi connectivity index (χ1) is 19.4. The molecule has 0 spiro atoms. The van der Waals surface area contributed by atoms with Gasteiger partial charge in [-0.15, -0.1) is 11.3 Å². The predicted molar refractivity (Wildman–Crippen MR) is 156 cm³/mol. The lowest BCUT2D eigenvalue weighted by Gasteiger charge is -2.12. The number of aromatic carboxylic acids is 1. The summed E-state index contributed by atoms with van der Waals surface area (Å²) < 4.78 is 43.0. The summed E-state index contributed by atoms with van der Waals surface area (Å²) in [4.78, 5) is 15.8. The highest BCUT2D eigenvalue weighted by Crippen LogP contribution is 2.38. The van der Waals surface area contributed by atoms with Crippen LogP contribution in [0.2, 0.25) is 0 Å². The number of carboxylic acids is 1. The maximum Gasteiger partial charge on any atom is 0.355 e. The number of benzene rings is 2. The van der Waals surface area contributed by atoms with Gasteiger partial charge in [-0.2, -0.15) is 5.10 Å². The Morgan fingerprint density at radius 2 is 1.95 bits per heavy atom. The summed E-state index contributed by atoms with van der Waals surface area (Å²) in [5, 5.41) is 21.6. The van der Waals surface area contributed by atoms with Crippen LogP contribution >= 0.6 is 11.3 Å². The Morgan fingerprint density at radius 3 is 2.56 bits per heavy atom. The molecule has 0 radical (unpaired) electrons. The molecule has 7 nitrogen and oxygen atoms in total. The molecular formula is C30H30F2N4O3S2. The molecule has 1 fully saturated rings. The van der Waals surface area contributed by atoms with Crippen molar-refractivity contribution in [3.63, 3.8) is 0 Å². The molecule has 1 saturated carbocycles. The van der Waals surface area contributed by atoms with E-state index in [4.69, 9.17) is 10.2 Å². The molecule has 4 aromatic rings. The van der Waals surface area contributed by atoms with Crippen LogP contribution in [0.1, 0.15) is 66.5 Å². The summed E-state index contributed by atoms with van der Waals surface area (Å²) in [5.74, 6) is -1.73. The number of carbonyl (C=O) groups is 1. The summed E-state index contributed by atoms with van der Waals surface area (Å²) in [6.07, 6.45) is 6.76. The van der Waals surface area contributed by atoms with Gasteiger partial charge in [0.1, 0.15) is 22.6 Å². The summed E-state index contributed by atoms with van der Waals surface area (Å²) in [6.45, 7) is 6.08. The van der Waals surface area contributed by atoms with Crippen molar-refractivity contribution in [3.05, 3.63) is 87.6 Å². The second-order valence-corrected chi connectivity index (χ2v) is 13.2. The number of carboxylic acid groups (broad SMARTS) is 1. The minimum Gasteiger partial charge on any atom is -0.476 e. The topological polar surface area (TPSA) is 111 Å². The summed E-state index contributed by atoms with van der Waals surface area (Å²) in [5.41, 5.74) is 3.69. The van der Waals surface area contributed by atoms with E-state index in [0.717, 1.165) is 24.1 Å². The predicted octanol–water partition coefficient (Wildman–Crippen LogP) is 6.56. The van der Waals surface area contributed by atoms with Crippen LogP contribution in [0.25, 0.3) is 22.5 Å². The van der Waals surface area contributed by atoms with Gasteiger partial charge >= 0.3 is 5.97 Å². The number of halogens is 2. The van der Waals surface area contributed by atoms with E-state index in [1.54, 1.807) is 29.0 Å². The smallest absolute Gasteiger partial charge is 0.355 e. The van der Waals surface area contributed by atoms with Gasteiger partial charge in [-0.25, -0.2) is 32.6 Å². The summed E-state index contributed by atoms with van der Waals surface area (Å²) >= 11 is 1.17. The lowest BCUT2D eigenvalue weighted by Crippen LogP contribution is -2.07. The molecule has 0 amide bonds. The van der Waals surface area contributed by atoms with Gasteiger partial charge in [0.15, 0.2) is 5.69 Å². The average Bonchev–Trinajstić information content (AvgIpc) is 3.45. The Morgan fingerprint density at radius 1 is 1.20 bits per heavy atom. The van der Waals surface area contributed by atoms with Crippen molar-refractivity contribution in [2.45, 2.75) is 51.3 Å². The van der Waals surface area contributed by atoms with E-state index in [-0.39, 0.29) is 28.2 Å². The third kappa shape index (κ3) is 6.69. The fourth-order valence-corrected chi connectivity index (χ4v) is 5.73. The van der Waals surface area contributed by atoms with E-state index >= 15 is 0 Å². The van der Waals surface area contributed by atoms with Crippen LogP contribution in [0.15, 0.2) is 52.7 Å². The Balaban J connectivity index is 1.69. The number of rotatable bonds is 9. The molecule has 0 saturated heterocycles. The van der Waals surface area contributed by atoms with Crippen LogP contribution in [0.5, 0.6) is 0 Å². The monoisotopic (exact) mass is 596 g/mol. The van der Waals surface area contributed by atoms with E-state index < -0.39 is 22.8 Å². The number of thiazole rings is 1. The second kappa shape index (κ2) is 11.4. The molecule has 3 N–H and O–H groups in total. The van der Waals surface area contributed by atoms with Crippen molar-refractivity contribution in [2.75, 3.05) is 0 Å². The van der Waals surface area contributed by atoms with Gasteiger partial charge < -0.3 is 5.11 Å². The van der Waals surface area contributed by atoms with Crippen LogP contribution in [0, 0.1) is 23.0 Å². The van der Waals surface area contributed by atoms with Crippen LogP contribution < -0.4 is 5.14 Å². The number of nitrogens with zero attached hydrogens (tertiary/aromatic N) is 3. The molecule has 0 bridgehead atoms. The van der Waals surface area contributed by atoms with Gasteiger partial charge in [0.2, 0.25) is 5.13 Å². The summed E-state index contributed by atoms with van der Waals surface area (Å²) in [6, 6.07) is 9.21. The Hall–Kier alpha value is -3.54. The van der Waals surface area contributed by atoms with Crippen molar-refractivity contribution in [3.8, 4) is 16.4 Å². The minimum atomic E-state index is -1.96. The van der Waals surface area contributed by atoms with Gasteiger partial charge in [0.25, 0.3) is 0 Å². The molecule has 2 aromatic heterocycles. The Bertz CT molecular complexity index is 1680. The lowest BCUT2D eigenvalue weighted by molar-refractivity contribution is 0.0691. The van der Waals surface area contributed by atoms with Crippen LogP contribution in [0.4, 0.5) is 8.78 Å². The van der Waals surface area contributed by atoms with Crippen LogP contribution in [-0.2, 0) is 23.8 Å². The van der Waals surface area contributed by atoms with Crippen molar-refractivity contribution >= 4 is 34.4 Å². The van der Waals surface area contributed by atoms with E-state index in [0.29, 0.717) is 39.9 Å². The van der Waals surface area contributed by atoms with Gasteiger partial charge in [-0.3, -0.25) is 0 Å². The molecule has 1 aliphatic carbocycles. The molecule has 214 valence electrons. The largest absolute Gasteiger partial charge is 0.476 e. The Kier molecular flexibility index (Phi) is 8.04. The first-order valence-electron chi connectivity index (χ1n) is 13.1. The molecular weight excluding hydrogens is 566 g/mol. The van der Waals surface area contributed by atoms with Crippen molar-refractivity contribution in [1.82, 2.24) is 14.8 Å². The van der Waals surface area contributed by atoms with E-state index in [1.165, 1.54) is 34.9 Å². The van der Waals surface area contributed by atoms with Gasteiger partial charge in [-0.05, 0) is 66.5 Å². The van der Waals surface area contributed by atoms with Gasteiger partial charge in [0.05, 0.1) is 16.3 Å². The van der Waals surface area contributed by atoms with Crippen LogP contribution in [-0.4, -0.2) is 30.0 Å². The lowest BCUT2D eigenvalue weighted by atomic mass is 9.94. The van der Waals surface area contributed by atoms with Crippen LogP contribution in [0.3, 0.4) is 0 Å². The number of hydrogen-bond acceptors (Lipinski definition) is 5. The molecule has 5 rings (SSSR count). The molecule has 1 aliphatic rings. The standard InChI is InChI=1S/C30H30F2N4O3S2/c1-30(2,3)11-10-19-15-20(7-8-22(19)31)27-21(12-18-6-9-26(41(33)39)23(32)13-18)25(14-17-4-5-17)36(35-27)29-34-24(16-40-29)28(37)38/h6-11,13,15-17H,4-5,12,14,33H2,1-3H3,(H,37,38)/b11-10+. The normalized spacial score (nSPS) is 14.6. The fourth-order valence-electron chi connectivity index (χ4n) is 4.51. The zero-order valence-corrected chi connectivity index (χ0v) is 24.5. The number of hydrogen-bond donors (Lipinski definition) is 2. The highest BCUT2D eigenvalue weighted by atomic mass is 32.2. The number of nitrogens with two attached hydrogens (primary N) is 1. The zero-order valence-electron chi connectivity index (χ0n) is 22.9. The van der Waals surface area contributed by atoms with Crippen molar-refractivity contribution in [1.29, 1.82) is 0 Å². The maximum absolute atomic E-state index is 14.8. The maximum atomic E-state index is 14.8. The van der Waals surface area contributed by atoms with E-state index in [1.807, 2.05) is 26.8 Å². The first kappa shape index (κ1) is 29.0. The highest BCUT2D eigenvalue weighted by molar-refractivity contribution is 7.82. The van der Waals surface area contributed by atoms with Gasteiger partial charge in [0, 0.05) is 28.5 Å². The van der Waals surface area contributed by atoms with Crippen molar-refractivity contribution in [2.24, 2.45) is 16.5 Å². The Labute approximate surface area is 243 Å². The molecule has 2 heterocycles.